The number of pyridine rings is 1. The van der Waals surface area contributed by atoms with Crippen LogP contribution < -0.4 is 20.4 Å². The number of urea groups is 1. The minimum atomic E-state index is -4.87. The van der Waals surface area contributed by atoms with Gasteiger partial charge < -0.3 is 15.0 Å². The van der Waals surface area contributed by atoms with Gasteiger partial charge in [-0.05, 0) is 89.3 Å². The molecule has 0 bridgehead atoms. The molecule has 15 nitrogen and oxygen atoms in total. The molecule has 4 fully saturated rings. The zero-order valence-electron chi connectivity index (χ0n) is 33.0. The Balaban J connectivity index is 0.885. The van der Waals surface area contributed by atoms with Crippen molar-refractivity contribution in [1.82, 2.24) is 29.9 Å². The third kappa shape index (κ3) is 8.24. The monoisotopic (exact) mass is 858 g/mol. The Bertz CT molecular complexity index is 2270. The highest BCUT2D eigenvalue weighted by molar-refractivity contribution is 7.80. The predicted molar refractivity (Wildman–Crippen MR) is 211 cm³/mol. The minimum Gasteiger partial charge on any atom is -0.378 e. The van der Waals surface area contributed by atoms with Gasteiger partial charge in [-0.2, -0.15) is 23.5 Å². The van der Waals surface area contributed by atoms with Crippen LogP contribution in [0, 0.1) is 17.2 Å². The Morgan fingerprint density at radius 2 is 1.85 bits per heavy atom. The SMILES string of the molecule is Cn1nc(N2CCC(=O)NC2=O)c2cccc(NC(=O)CN3CCC(CCO[C@H]4CC[C@H](N5C(=S)N(c6cnc(C#N)c(C(F)(F)F)c6)C(=O)C5(C)C)CC4)C(F)(F)C3)c21. The molecule has 5 heterocycles. The standard InChI is InChI=1S/C39H43F5N10O5S/c1-37(2)34(57)53(24-17-27(39(42,43)44)29(18-45)46-19-24)36(60)54(37)23-7-9-25(10-8-23)59-16-13-22-11-14-51(21-38(22,40)41)20-31(56)47-28-6-4-5-26-32(28)50(3)49-33(26)52-15-12-30(55)48-35(52)58/h4-6,17,19,22-23,25H,7-16,20-21H2,1-3H3,(H,47,56)(H,48,55,58)/t22?,23-,25-. The molecule has 5 amide bonds. The van der Waals surface area contributed by atoms with Crippen molar-refractivity contribution in [3.8, 4) is 6.07 Å². The number of imide groups is 1. The van der Waals surface area contributed by atoms with Crippen molar-refractivity contribution in [3.63, 3.8) is 0 Å². The van der Waals surface area contributed by atoms with Gasteiger partial charge in [0.2, 0.25) is 11.8 Å². The van der Waals surface area contributed by atoms with E-state index in [-0.39, 0.29) is 74.4 Å². The van der Waals surface area contributed by atoms with Crippen LogP contribution in [0.5, 0.6) is 0 Å². The van der Waals surface area contributed by atoms with Gasteiger partial charge >= 0.3 is 12.2 Å². The van der Waals surface area contributed by atoms with Gasteiger partial charge in [0.25, 0.3) is 11.8 Å². The number of halogens is 5. The van der Waals surface area contributed by atoms with Crippen molar-refractivity contribution in [3.05, 3.63) is 41.7 Å². The highest BCUT2D eigenvalue weighted by Crippen LogP contribution is 2.41. The molecule has 1 aliphatic carbocycles. The highest BCUT2D eigenvalue weighted by atomic mass is 32.1. The quantitative estimate of drug-likeness (QED) is 0.200. The summed E-state index contributed by atoms with van der Waals surface area (Å²) in [5.74, 6) is -5.10. The van der Waals surface area contributed by atoms with Crippen LogP contribution >= 0.6 is 12.2 Å². The molecule has 1 atom stereocenters. The first-order chi connectivity index (χ1) is 28.3. The van der Waals surface area contributed by atoms with Gasteiger partial charge in [-0.3, -0.25) is 39.1 Å². The molecule has 0 radical (unpaired) electrons. The summed E-state index contributed by atoms with van der Waals surface area (Å²) in [7, 11) is 1.65. The van der Waals surface area contributed by atoms with Crippen LogP contribution in [0.4, 0.5) is 43.9 Å². The molecule has 320 valence electrons. The number of aromatic nitrogens is 3. The van der Waals surface area contributed by atoms with Gasteiger partial charge in [-0.1, -0.05) is 6.07 Å². The molecule has 2 aromatic heterocycles. The molecule has 0 spiro atoms. The van der Waals surface area contributed by atoms with Crippen molar-refractivity contribution in [1.29, 1.82) is 5.26 Å². The van der Waals surface area contributed by atoms with E-state index in [1.165, 1.54) is 20.6 Å². The molecule has 7 rings (SSSR count). The maximum Gasteiger partial charge on any atom is 0.419 e. The van der Waals surface area contributed by atoms with Crippen molar-refractivity contribution in [2.24, 2.45) is 13.0 Å². The summed E-state index contributed by atoms with van der Waals surface area (Å²) in [6.07, 6.45) is -1.49. The lowest BCUT2D eigenvalue weighted by Crippen LogP contribution is -2.51. The van der Waals surface area contributed by atoms with Crippen molar-refractivity contribution < 1.29 is 45.9 Å². The summed E-state index contributed by atoms with van der Waals surface area (Å²) >= 11 is 5.66. The summed E-state index contributed by atoms with van der Waals surface area (Å²) in [5, 5.41) is 19.3. The van der Waals surface area contributed by atoms with E-state index in [9.17, 15) is 32.3 Å². The lowest BCUT2D eigenvalue weighted by molar-refractivity contribution is -0.138. The smallest absolute Gasteiger partial charge is 0.378 e. The molecule has 1 aromatic carbocycles. The number of aryl methyl sites for hydroxylation is 1. The van der Waals surface area contributed by atoms with E-state index in [1.807, 2.05) is 0 Å². The van der Waals surface area contributed by atoms with E-state index in [1.54, 1.807) is 44.0 Å². The van der Waals surface area contributed by atoms with Crippen molar-refractivity contribution >= 4 is 69.2 Å². The lowest BCUT2D eigenvalue weighted by Gasteiger charge is -2.41. The van der Waals surface area contributed by atoms with E-state index in [2.05, 4.69) is 20.7 Å². The zero-order valence-corrected chi connectivity index (χ0v) is 33.8. The topological polar surface area (TPSA) is 169 Å². The van der Waals surface area contributed by atoms with Gasteiger partial charge in [-0.15, -0.1) is 0 Å². The number of alkyl halides is 5. The van der Waals surface area contributed by atoms with Crippen LogP contribution in [0.15, 0.2) is 30.5 Å². The fraction of sp³-hybridized carbons (Fsp3) is 0.538. The van der Waals surface area contributed by atoms with Crippen molar-refractivity contribution in [2.75, 3.05) is 47.9 Å². The number of para-hydroxylation sites is 1. The number of fused-ring (bicyclic) bond motifs is 1. The number of hydrogen-bond acceptors (Lipinski definition) is 10. The first-order valence-corrected chi connectivity index (χ1v) is 19.9. The number of piperidine rings is 1. The average Bonchev–Trinajstić information content (AvgIpc) is 3.60. The van der Waals surface area contributed by atoms with Crippen molar-refractivity contribution in [2.45, 2.75) is 88.6 Å². The maximum atomic E-state index is 15.5. The van der Waals surface area contributed by atoms with E-state index < -0.39 is 59.2 Å². The van der Waals surface area contributed by atoms with E-state index in [4.69, 9.17) is 22.2 Å². The second kappa shape index (κ2) is 16.3. The van der Waals surface area contributed by atoms with Gasteiger partial charge in [-0.25, -0.2) is 18.6 Å². The Labute approximate surface area is 346 Å². The number of benzene rings is 1. The Hall–Kier alpha value is -5.33. The molecular weight excluding hydrogens is 816 g/mol. The number of thiocarbonyl (C=S) groups is 1. The molecular formula is C39H43F5N10O5S. The number of ether oxygens (including phenoxy) is 1. The maximum absolute atomic E-state index is 15.5. The molecule has 1 unspecified atom stereocenters. The third-order valence-electron chi connectivity index (χ3n) is 11.7. The number of rotatable bonds is 10. The number of likely N-dealkylation sites (tertiary alicyclic amines) is 1. The minimum absolute atomic E-state index is 0.0322. The van der Waals surface area contributed by atoms with E-state index >= 15 is 8.78 Å². The highest BCUT2D eigenvalue weighted by Gasteiger charge is 2.53. The third-order valence-corrected chi connectivity index (χ3v) is 12.1. The first-order valence-electron chi connectivity index (χ1n) is 19.5. The van der Waals surface area contributed by atoms with Crippen LogP contribution in [0.3, 0.4) is 0 Å². The van der Waals surface area contributed by atoms with E-state index in [0.717, 1.165) is 11.1 Å². The van der Waals surface area contributed by atoms with Gasteiger partial charge in [0.05, 0.1) is 47.8 Å². The van der Waals surface area contributed by atoms with Crippen LogP contribution in [-0.4, -0.2) is 110 Å². The second-order valence-electron chi connectivity index (χ2n) is 16.1. The number of nitrogens with one attached hydrogen (secondary N) is 2. The summed E-state index contributed by atoms with van der Waals surface area (Å²) in [6, 6.07) is 6.39. The molecule has 21 heteroatoms. The lowest BCUT2D eigenvalue weighted by atomic mass is 9.88. The number of nitriles is 1. The van der Waals surface area contributed by atoms with Crippen LogP contribution in [0.25, 0.3) is 10.9 Å². The molecule has 4 aliphatic rings. The predicted octanol–water partition coefficient (Wildman–Crippen LogP) is 5.33. The number of carbonyl (C=O) groups excluding carboxylic acids is 4. The molecule has 2 N–H and O–H groups in total. The van der Waals surface area contributed by atoms with Gasteiger partial charge in [0, 0.05) is 44.0 Å². The number of carbonyl (C=O) groups is 4. The first kappa shape index (κ1) is 42.8. The largest absolute Gasteiger partial charge is 0.419 e. The number of hydrogen-bond donors (Lipinski definition) is 2. The number of amides is 5. The average molecular weight is 859 g/mol. The Morgan fingerprint density at radius 1 is 1.12 bits per heavy atom. The summed E-state index contributed by atoms with van der Waals surface area (Å²) in [4.78, 5) is 60.0. The van der Waals surface area contributed by atoms with E-state index in [0.29, 0.717) is 54.2 Å². The second-order valence-corrected chi connectivity index (χ2v) is 16.4. The Morgan fingerprint density at radius 3 is 2.52 bits per heavy atom. The summed E-state index contributed by atoms with van der Waals surface area (Å²) < 4.78 is 79.6. The normalized spacial score (nSPS) is 23.6. The zero-order chi connectivity index (χ0) is 43.3. The number of anilines is 3. The molecule has 60 heavy (non-hydrogen) atoms. The molecule has 3 saturated heterocycles. The summed E-state index contributed by atoms with van der Waals surface area (Å²) in [6.45, 7) is 2.96. The number of nitrogens with zero attached hydrogens (tertiary/aromatic N) is 8. The van der Waals surface area contributed by atoms with Gasteiger partial charge in [0.15, 0.2) is 16.6 Å². The molecule has 3 aromatic rings. The molecule has 3 aliphatic heterocycles. The van der Waals surface area contributed by atoms with Crippen LogP contribution in [0.2, 0.25) is 0 Å². The summed E-state index contributed by atoms with van der Waals surface area (Å²) in [5.41, 5.74) is -2.53. The van der Waals surface area contributed by atoms with Crippen LogP contribution in [-0.2, 0) is 32.3 Å². The fourth-order valence-corrected chi connectivity index (χ4v) is 9.27. The molecule has 1 saturated carbocycles. The fourth-order valence-electron chi connectivity index (χ4n) is 8.70. The Kier molecular flexibility index (Phi) is 11.6. The van der Waals surface area contributed by atoms with Crippen LogP contribution in [0.1, 0.15) is 70.1 Å². The van der Waals surface area contributed by atoms with Gasteiger partial charge in [0.1, 0.15) is 11.6 Å².